The molecule has 21 heavy (non-hydrogen) atoms. The van der Waals surface area contributed by atoms with E-state index in [0.29, 0.717) is 18.7 Å². The molecule has 2 rings (SSSR count). The predicted octanol–water partition coefficient (Wildman–Crippen LogP) is 2.27. The first kappa shape index (κ1) is 16.5. The highest BCUT2D eigenvalue weighted by molar-refractivity contribution is 7.89. The van der Waals surface area contributed by atoms with Gasteiger partial charge in [-0.25, -0.2) is 8.42 Å². The summed E-state index contributed by atoms with van der Waals surface area (Å²) in [4.78, 5) is 0.165. The van der Waals surface area contributed by atoms with E-state index in [-0.39, 0.29) is 22.6 Å². The average molecular weight is 334 g/mol. The number of ether oxygens (including phenoxy) is 1. The van der Waals surface area contributed by atoms with E-state index < -0.39 is 10.0 Å². The largest absolute Gasteiger partial charge is 0.495 e. The molecule has 118 valence electrons. The van der Waals surface area contributed by atoms with Crippen LogP contribution in [0.15, 0.2) is 23.1 Å². The Balaban J connectivity index is 2.33. The monoisotopic (exact) mass is 333 g/mol. The first-order chi connectivity index (χ1) is 10.0. The van der Waals surface area contributed by atoms with Gasteiger partial charge in [-0.05, 0) is 37.5 Å². The maximum atomic E-state index is 12.8. The minimum atomic E-state index is -3.60. The van der Waals surface area contributed by atoms with E-state index in [1.54, 1.807) is 6.07 Å². The van der Waals surface area contributed by atoms with Gasteiger partial charge in [0.2, 0.25) is 10.0 Å². The van der Waals surface area contributed by atoms with Gasteiger partial charge in [-0.3, -0.25) is 0 Å². The van der Waals surface area contributed by atoms with E-state index in [0.717, 1.165) is 19.3 Å². The molecule has 1 heterocycles. The Morgan fingerprint density at radius 3 is 2.81 bits per heavy atom. The predicted molar refractivity (Wildman–Crippen MR) is 81.2 cm³/mol. The number of sulfonamides is 1. The van der Waals surface area contributed by atoms with Crippen molar-refractivity contribution >= 4 is 21.6 Å². The van der Waals surface area contributed by atoms with Crippen molar-refractivity contribution in [3.8, 4) is 5.75 Å². The minimum absolute atomic E-state index is 0.0138. The Morgan fingerprint density at radius 2 is 2.19 bits per heavy atom. The van der Waals surface area contributed by atoms with Crippen molar-refractivity contribution in [1.29, 1.82) is 0 Å². The Hall–Kier alpha value is -0.820. The molecule has 1 aliphatic heterocycles. The number of benzene rings is 1. The molecule has 1 aliphatic rings. The van der Waals surface area contributed by atoms with Crippen LogP contribution in [-0.2, 0) is 10.0 Å². The van der Waals surface area contributed by atoms with Crippen LogP contribution in [-0.4, -0.2) is 44.1 Å². The third kappa shape index (κ3) is 3.51. The number of aliphatic hydroxyl groups excluding tert-OH is 1. The Bertz CT molecular complexity index is 589. The van der Waals surface area contributed by atoms with Gasteiger partial charge in [0.25, 0.3) is 0 Å². The molecular weight excluding hydrogens is 314 g/mol. The fourth-order valence-electron chi connectivity index (χ4n) is 2.67. The number of hydrogen-bond donors (Lipinski definition) is 1. The van der Waals surface area contributed by atoms with E-state index in [9.17, 15) is 8.42 Å². The summed E-state index contributed by atoms with van der Waals surface area (Å²) in [6.45, 7) is 0.469. The fraction of sp³-hybridized carbons (Fsp3) is 0.571. The van der Waals surface area contributed by atoms with Crippen molar-refractivity contribution in [3.63, 3.8) is 0 Å². The smallest absolute Gasteiger partial charge is 0.243 e. The van der Waals surface area contributed by atoms with Crippen LogP contribution in [0.2, 0.25) is 5.02 Å². The zero-order chi connectivity index (χ0) is 15.5. The normalized spacial score (nSPS) is 20.4. The molecule has 0 radical (unpaired) electrons. The molecule has 0 spiro atoms. The highest BCUT2D eigenvalue weighted by Gasteiger charge is 2.33. The van der Waals surface area contributed by atoms with Crippen LogP contribution in [0.25, 0.3) is 0 Å². The van der Waals surface area contributed by atoms with E-state index in [1.807, 2.05) is 0 Å². The summed E-state index contributed by atoms with van der Waals surface area (Å²) in [7, 11) is -2.12. The molecule has 1 aromatic carbocycles. The van der Waals surface area contributed by atoms with Gasteiger partial charge in [0.05, 0.1) is 17.0 Å². The van der Waals surface area contributed by atoms with Gasteiger partial charge in [0, 0.05) is 19.2 Å². The zero-order valence-electron chi connectivity index (χ0n) is 12.0. The van der Waals surface area contributed by atoms with Crippen molar-refractivity contribution < 1.29 is 18.3 Å². The lowest BCUT2D eigenvalue weighted by Crippen LogP contribution is -2.44. The molecule has 0 aliphatic carbocycles. The second-order valence-corrected chi connectivity index (χ2v) is 7.37. The van der Waals surface area contributed by atoms with Crippen molar-refractivity contribution in [2.45, 2.75) is 36.6 Å². The maximum absolute atomic E-state index is 12.8. The van der Waals surface area contributed by atoms with Crippen LogP contribution >= 0.6 is 11.6 Å². The molecule has 0 amide bonds. The minimum Gasteiger partial charge on any atom is -0.495 e. The van der Waals surface area contributed by atoms with E-state index in [1.165, 1.54) is 23.5 Å². The highest BCUT2D eigenvalue weighted by atomic mass is 35.5. The number of aliphatic hydroxyl groups is 1. The van der Waals surface area contributed by atoms with Crippen LogP contribution < -0.4 is 4.74 Å². The van der Waals surface area contributed by atoms with E-state index in [4.69, 9.17) is 21.4 Å². The summed E-state index contributed by atoms with van der Waals surface area (Å²) in [6.07, 6.45) is 3.07. The first-order valence-corrected chi connectivity index (χ1v) is 8.78. The van der Waals surface area contributed by atoms with Gasteiger partial charge in [0.15, 0.2) is 0 Å². The number of piperidine rings is 1. The quantitative estimate of drug-likeness (QED) is 0.897. The lowest BCUT2D eigenvalue weighted by molar-refractivity contribution is 0.192. The molecule has 0 aromatic heterocycles. The van der Waals surface area contributed by atoms with Gasteiger partial charge < -0.3 is 9.84 Å². The molecular formula is C14H20ClNO4S. The van der Waals surface area contributed by atoms with Gasteiger partial charge in [-0.2, -0.15) is 4.31 Å². The lowest BCUT2D eigenvalue weighted by atomic mass is 10.0. The SMILES string of the molecule is COc1ccc(S(=O)(=O)N2CCCCC2CCO)cc1Cl. The van der Waals surface area contributed by atoms with Crippen LogP contribution in [0.5, 0.6) is 5.75 Å². The molecule has 1 saturated heterocycles. The van der Waals surface area contributed by atoms with Crippen molar-refractivity contribution in [1.82, 2.24) is 4.31 Å². The second kappa shape index (κ2) is 6.96. The average Bonchev–Trinajstić information content (AvgIpc) is 2.48. The molecule has 0 saturated carbocycles. The van der Waals surface area contributed by atoms with Gasteiger partial charge in [0.1, 0.15) is 5.75 Å². The molecule has 1 unspecified atom stereocenters. The molecule has 1 aromatic rings. The van der Waals surface area contributed by atoms with Crippen molar-refractivity contribution in [2.24, 2.45) is 0 Å². The highest BCUT2D eigenvalue weighted by Crippen LogP contribution is 2.31. The first-order valence-electron chi connectivity index (χ1n) is 6.97. The summed E-state index contributed by atoms with van der Waals surface area (Å²) >= 11 is 6.02. The number of halogens is 1. The number of rotatable bonds is 5. The van der Waals surface area contributed by atoms with Gasteiger partial charge in [-0.15, -0.1) is 0 Å². The third-order valence-electron chi connectivity index (χ3n) is 3.77. The molecule has 0 bridgehead atoms. The molecule has 1 atom stereocenters. The van der Waals surface area contributed by atoms with Crippen molar-refractivity contribution in [3.05, 3.63) is 23.2 Å². The maximum Gasteiger partial charge on any atom is 0.243 e. The summed E-state index contributed by atoms with van der Waals surface area (Å²) in [5.41, 5.74) is 0. The van der Waals surface area contributed by atoms with Crippen LogP contribution in [0.4, 0.5) is 0 Å². The summed E-state index contributed by atoms with van der Waals surface area (Å²) < 4.78 is 32.1. The summed E-state index contributed by atoms with van der Waals surface area (Å²) in [5, 5.41) is 9.40. The summed E-state index contributed by atoms with van der Waals surface area (Å²) in [5.74, 6) is 0.446. The van der Waals surface area contributed by atoms with Gasteiger partial charge >= 0.3 is 0 Å². The van der Waals surface area contributed by atoms with E-state index >= 15 is 0 Å². The van der Waals surface area contributed by atoms with Crippen LogP contribution in [0.1, 0.15) is 25.7 Å². The lowest BCUT2D eigenvalue weighted by Gasteiger charge is -2.34. The topological polar surface area (TPSA) is 66.8 Å². The van der Waals surface area contributed by atoms with Crippen molar-refractivity contribution in [2.75, 3.05) is 20.3 Å². The standard InChI is InChI=1S/C14H20ClNO4S/c1-20-14-6-5-12(10-13(14)15)21(18,19)16-8-3-2-4-11(16)7-9-17/h5-6,10-11,17H,2-4,7-9H2,1H3. The number of hydrogen-bond acceptors (Lipinski definition) is 4. The number of methoxy groups -OCH3 is 1. The Morgan fingerprint density at radius 1 is 1.43 bits per heavy atom. The third-order valence-corrected chi connectivity index (χ3v) is 6.01. The second-order valence-electron chi connectivity index (χ2n) is 5.07. The molecule has 5 nitrogen and oxygen atoms in total. The van der Waals surface area contributed by atoms with E-state index in [2.05, 4.69) is 0 Å². The summed E-state index contributed by atoms with van der Waals surface area (Å²) in [6, 6.07) is 4.33. The number of nitrogens with zero attached hydrogens (tertiary/aromatic N) is 1. The molecule has 7 heteroatoms. The fourth-order valence-corrected chi connectivity index (χ4v) is 4.74. The Labute approximate surface area is 130 Å². The molecule has 1 N–H and O–H groups in total. The van der Waals surface area contributed by atoms with Crippen LogP contribution in [0.3, 0.4) is 0 Å². The Kier molecular flexibility index (Phi) is 5.48. The van der Waals surface area contributed by atoms with Gasteiger partial charge in [-0.1, -0.05) is 18.0 Å². The molecule has 1 fully saturated rings. The zero-order valence-corrected chi connectivity index (χ0v) is 13.5. The van der Waals surface area contributed by atoms with Crippen LogP contribution in [0, 0.1) is 0 Å².